The highest BCUT2D eigenvalue weighted by molar-refractivity contribution is 5.27. The number of allylic oxidation sites excluding steroid dienone is 2. The highest BCUT2D eigenvalue weighted by Crippen LogP contribution is 2.31. The molecular formula is C12H20O. The first kappa shape index (κ1) is 10.5. The molecule has 1 aliphatic carbocycles. The number of rotatable bonds is 3. The van der Waals surface area contributed by atoms with Gasteiger partial charge in [-0.15, -0.1) is 0 Å². The van der Waals surface area contributed by atoms with Crippen molar-refractivity contribution in [3.05, 3.63) is 23.8 Å². The van der Waals surface area contributed by atoms with Crippen molar-refractivity contribution >= 4 is 0 Å². The predicted molar refractivity (Wildman–Crippen MR) is 56.5 cm³/mol. The third-order valence-electron chi connectivity index (χ3n) is 3.00. The number of unbranched alkanes of at least 4 members (excludes halogenated alkanes) is 1. The first-order valence-corrected chi connectivity index (χ1v) is 5.18. The zero-order chi connectivity index (χ0) is 9.90. The molecule has 1 heteroatoms. The van der Waals surface area contributed by atoms with Crippen LogP contribution in [0.15, 0.2) is 23.8 Å². The van der Waals surface area contributed by atoms with E-state index in [0.29, 0.717) is 0 Å². The molecule has 2 atom stereocenters. The second kappa shape index (κ2) is 4.10. The van der Waals surface area contributed by atoms with E-state index >= 15 is 0 Å². The molecule has 2 unspecified atom stereocenters. The molecule has 0 saturated carbocycles. The van der Waals surface area contributed by atoms with Gasteiger partial charge in [0.1, 0.15) is 0 Å². The molecule has 1 N–H and O–H groups in total. The lowest BCUT2D eigenvalue weighted by molar-refractivity contribution is 0.0665. The molecule has 0 amide bonds. The van der Waals surface area contributed by atoms with E-state index in [0.717, 1.165) is 6.42 Å². The minimum atomic E-state index is -0.641. The molecule has 0 radical (unpaired) electrons. The van der Waals surface area contributed by atoms with E-state index in [2.05, 4.69) is 19.9 Å². The zero-order valence-corrected chi connectivity index (χ0v) is 8.88. The Kier molecular flexibility index (Phi) is 3.32. The molecule has 0 heterocycles. The Hall–Kier alpha value is -0.560. The molecule has 0 bridgehead atoms. The maximum atomic E-state index is 9.99. The van der Waals surface area contributed by atoms with Gasteiger partial charge in [-0.3, -0.25) is 0 Å². The molecule has 1 rings (SSSR count). The van der Waals surface area contributed by atoms with Crippen molar-refractivity contribution in [2.24, 2.45) is 5.92 Å². The van der Waals surface area contributed by atoms with Crippen molar-refractivity contribution in [3.63, 3.8) is 0 Å². The number of hydrogen-bond acceptors (Lipinski definition) is 1. The molecule has 0 aromatic rings. The molecule has 13 heavy (non-hydrogen) atoms. The van der Waals surface area contributed by atoms with Crippen LogP contribution in [0.3, 0.4) is 0 Å². The van der Waals surface area contributed by atoms with Crippen LogP contribution in [0.25, 0.3) is 0 Å². The van der Waals surface area contributed by atoms with Gasteiger partial charge in [-0.25, -0.2) is 0 Å². The average molecular weight is 180 g/mol. The third-order valence-corrected chi connectivity index (χ3v) is 3.00. The summed E-state index contributed by atoms with van der Waals surface area (Å²) >= 11 is 0. The summed E-state index contributed by atoms with van der Waals surface area (Å²) in [5.74, 6) is 0.268. The van der Waals surface area contributed by atoms with Crippen LogP contribution in [0.5, 0.6) is 0 Å². The van der Waals surface area contributed by atoms with Crippen molar-refractivity contribution in [1.29, 1.82) is 0 Å². The maximum Gasteiger partial charge on any atom is 0.0865 e. The quantitative estimate of drug-likeness (QED) is 0.707. The normalized spacial score (nSPS) is 33.2. The summed E-state index contributed by atoms with van der Waals surface area (Å²) in [6.45, 7) is 6.18. The lowest BCUT2D eigenvalue weighted by Gasteiger charge is -2.31. The Balaban J connectivity index is 2.64. The molecule has 0 aromatic carbocycles. The van der Waals surface area contributed by atoms with E-state index in [-0.39, 0.29) is 5.92 Å². The first-order valence-electron chi connectivity index (χ1n) is 5.18. The second-order valence-electron chi connectivity index (χ2n) is 4.15. The summed E-state index contributed by atoms with van der Waals surface area (Å²) < 4.78 is 0. The van der Waals surface area contributed by atoms with Crippen molar-refractivity contribution < 1.29 is 5.11 Å². The molecule has 1 aliphatic rings. The Bertz CT molecular complexity index is 223. The van der Waals surface area contributed by atoms with Crippen LogP contribution in [-0.2, 0) is 0 Å². The van der Waals surface area contributed by atoms with Gasteiger partial charge in [0.25, 0.3) is 0 Å². The SMILES string of the molecule is CCCCC1=CC=CC(C)(O)C1C. The van der Waals surface area contributed by atoms with Gasteiger partial charge in [-0.2, -0.15) is 0 Å². The molecule has 1 nitrogen and oxygen atoms in total. The van der Waals surface area contributed by atoms with Crippen LogP contribution >= 0.6 is 0 Å². The van der Waals surface area contributed by atoms with Gasteiger partial charge in [0, 0.05) is 5.92 Å². The first-order chi connectivity index (χ1) is 6.08. The summed E-state index contributed by atoms with van der Waals surface area (Å²) in [5.41, 5.74) is 0.743. The maximum absolute atomic E-state index is 9.99. The minimum absolute atomic E-state index is 0.268. The monoisotopic (exact) mass is 180 g/mol. The van der Waals surface area contributed by atoms with Crippen LogP contribution in [0, 0.1) is 5.92 Å². The minimum Gasteiger partial charge on any atom is -0.385 e. The molecular weight excluding hydrogens is 160 g/mol. The van der Waals surface area contributed by atoms with Gasteiger partial charge in [0.05, 0.1) is 5.60 Å². The number of aliphatic hydroxyl groups is 1. The number of hydrogen-bond donors (Lipinski definition) is 1. The third kappa shape index (κ3) is 2.44. The van der Waals surface area contributed by atoms with E-state index in [1.165, 1.54) is 18.4 Å². The molecule has 0 aromatic heterocycles. The molecule has 0 fully saturated rings. The van der Waals surface area contributed by atoms with Gasteiger partial charge < -0.3 is 5.11 Å². The van der Waals surface area contributed by atoms with E-state index in [9.17, 15) is 5.11 Å². The van der Waals surface area contributed by atoms with E-state index in [4.69, 9.17) is 0 Å². The van der Waals surface area contributed by atoms with Crippen molar-refractivity contribution in [2.45, 2.75) is 45.6 Å². The molecule has 0 aliphatic heterocycles. The van der Waals surface area contributed by atoms with Crippen LogP contribution < -0.4 is 0 Å². The van der Waals surface area contributed by atoms with Crippen molar-refractivity contribution in [3.8, 4) is 0 Å². The van der Waals surface area contributed by atoms with Crippen LogP contribution in [0.2, 0.25) is 0 Å². The van der Waals surface area contributed by atoms with Gasteiger partial charge in [0.2, 0.25) is 0 Å². The summed E-state index contributed by atoms with van der Waals surface area (Å²) in [6.07, 6.45) is 9.57. The van der Waals surface area contributed by atoms with Crippen LogP contribution in [-0.4, -0.2) is 10.7 Å². The van der Waals surface area contributed by atoms with Crippen LogP contribution in [0.4, 0.5) is 0 Å². The molecule has 74 valence electrons. The van der Waals surface area contributed by atoms with Crippen molar-refractivity contribution in [1.82, 2.24) is 0 Å². The summed E-state index contributed by atoms with van der Waals surface area (Å²) in [7, 11) is 0. The Morgan fingerprint density at radius 3 is 2.85 bits per heavy atom. The highest BCUT2D eigenvalue weighted by Gasteiger charge is 2.29. The smallest absolute Gasteiger partial charge is 0.0865 e. The average Bonchev–Trinajstić information content (AvgIpc) is 2.08. The van der Waals surface area contributed by atoms with Gasteiger partial charge in [-0.1, -0.05) is 44.1 Å². The zero-order valence-electron chi connectivity index (χ0n) is 8.88. The Labute approximate surface area is 81.2 Å². The second-order valence-corrected chi connectivity index (χ2v) is 4.15. The van der Waals surface area contributed by atoms with E-state index < -0.39 is 5.60 Å². The summed E-state index contributed by atoms with van der Waals surface area (Å²) in [4.78, 5) is 0. The lowest BCUT2D eigenvalue weighted by atomic mass is 9.79. The lowest BCUT2D eigenvalue weighted by Crippen LogP contribution is -2.33. The van der Waals surface area contributed by atoms with E-state index in [1.807, 2.05) is 19.1 Å². The largest absolute Gasteiger partial charge is 0.385 e. The molecule has 0 saturated heterocycles. The summed E-state index contributed by atoms with van der Waals surface area (Å²) in [5, 5.41) is 9.99. The Morgan fingerprint density at radius 2 is 2.23 bits per heavy atom. The van der Waals surface area contributed by atoms with Crippen molar-refractivity contribution in [2.75, 3.05) is 0 Å². The molecule has 0 spiro atoms. The Morgan fingerprint density at radius 1 is 1.54 bits per heavy atom. The van der Waals surface area contributed by atoms with Gasteiger partial charge in [-0.05, 0) is 19.8 Å². The van der Waals surface area contributed by atoms with E-state index in [1.54, 1.807) is 0 Å². The van der Waals surface area contributed by atoms with Gasteiger partial charge in [0.15, 0.2) is 0 Å². The fourth-order valence-corrected chi connectivity index (χ4v) is 1.71. The fraction of sp³-hybridized carbons (Fsp3) is 0.667. The predicted octanol–water partition coefficient (Wildman–Crippen LogP) is 3.06. The highest BCUT2D eigenvalue weighted by atomic mass is 16.3. The van der Waals surface area contributed by atoms with Crippen LogP contribution in [0.1, 0.15) is 40.0 Å². The standard InChI is InChI=1S/C12H20O/c1-4-5-7-11-8-6-9-12(3,13)10(11)2/h6,8-10,13H,4-5,7H2,1-3H3. The topological polar surface area (TPSA) is 20.2 Å². The summed E-state index contributed by atoms with van der Waals surface area (Å²) in [6, 6.07) is 0. The van der Waals surface area contributed by atoms with Gasteiger partial charge >= 0.3 is 0 Å². The fourth-order valence-electron chi connectivity index (χ4n) is 1.71.